The molecule has 4 aromatic rings. The van der Waals surface area contributed by atoms with Gasteiger partial charge in [-0.3, -0.25) is 4.79 Å². The molecular formula is C21H15F3N4OS. The molecule has 1 N–H and O–H groups in total. The molecule has 0 aliphatic rings. The third-order valence-corrected chi connectivity index (χ3v) is 5.50. The van der Waals surface area contributed by atoms with E-state index in [2.05, 4.69) is 15.6 Å². The van der Waals surface area contributed by atoms with Crippen molar-refractivity contribution < 1.29 is 18.0 Å². The van der Waals surface area contributed by atoms with Crippen molar-refractivity contribution >= 4 is 33.7 Å². The second-order valence-electron chi connectivity index (χ2n) is 6.48. The number of nitrogens with one attached hydrogen (secondary N) is 1. The van der Waals surface area contributed by atoms with Crippen LogP contribution in [0.3, 0.4) is 0 Å². The molecule has 152 valence electrons. The Morgan fingerprint density at radius 2 is 1.83 bits per heavy atom. The summed E-state index contributed by atoms with van der Waals surface area (Å²) in [4.78, 5) is 13.8. The molecule has 0 aliphatic carbocycles. The molecule has 0 saturated carbocycles. The van der Waals surface area contributed by atoms with Crippen LogP contribution in [0.15, 0.2) is 65.8 Å². The van der Waals surface area contributed by atoms with Crippen LogP contribution in [0.5, 0.6) is 0 Å². The minimum Gasteiger partial charge on any atom is -0.266 e. The number of hydrazone groups is 1. The van der Waals surface area contributed by atoms with Gasteiger partial charge in [-0.2, -0.15) is 23.4 Å². The number of hydrogen-bond donors (Lipinski definition) is 1. The molecule has 0 spiro atoms. The maximum atomic E-state index is 12.6. The van der Waals surface area contributed by atoms with Crippen LogP contribution in [-0.2, 0) is 6.18 Å². The molecule has 5 nitrogen and oxygen atoms in total. The maximum Gasteiger partial charge on any atom is 0.416 e. The fourth-order valence-electron chi connectivity index (χ4n) is 2.88. The van der Waals surface area contributed by atoms with E-state index in [1.165, 1.54) is 29.7 Å². The number of fused-ring (bicyclic) bond motifs is 1. The number of para-hydroxylation sites is 1. The van der Waals surface area contributed by atoms with Crippen molar-refractivity contribution in [3.05, 3.63) is 82.4 Å². The van der Waals surface area contributed by atoms with Crippen LogP contribution < -0.4 is 5.43 Å². The Bertz CT molecular complexity index is 1230. The van der Waals surface area contributed by atoms with E-state index in [0.717, 1.165) is 33.7 Å². The zero-order chi connectivity index (χ0) is 21.3. The van der Waals surface area contributed by atoms with Crippen molar-refractivity contribution in [2.75, 3.05) is 0 Å². The number of carbonyl (C=O) groups is 1. The summed E-state index contributed by atoms with van der Waals surface area (Å²) in [7, 11) is 0. The number of thiophene rings is 1. The van der Waals surface area contributed by atoms with Gasteiger partial charge >= 0.3 is 6.18 Å². The predicted octanol–water partition coefficient (Wildman–Crippen LogP) is 5.18. The van der Waals surface area contributed by atoms with Gasteiger partial charge in [-0.1, -0.05) is 30.3 Å². The average Bonchev–Trinajstić information content (AvgIpc) is 3.29. The fourth-order valence-corrected chi connectivity index (χ4v) is 3.95. The highest BCUT2D eigenvalue weighted by Gasteiger charge is 2.29. The van der Waals surface area contributed by atoms with Gasteiger partial charge in [-0.05, 0) is 42.8 Å². The Hall–Kier alpha value is -3.46. The second kappa shape index (κ2) is 7.75. The first-order chi connectivity index (χ1) is 14.3. The van der Waals surface area contributed by atoms with Crippen LogP contribution in [0.25, 0.3) is 15.9 Å². The number of alkyl halides is 3. The topological polar surface area (TPSA) is 59.3 Å². The van der Waals surface area contributed by atoms with Gasteiger partial charge in [0.2, 0.25) is 0 Å². The first-order valence-corrected chi connectivity index (χ1v) is 9.70. The molecule has 1 amide bonds. The Labute approximate surface area is 173 Å². The molecule has 2 heterocycles. The Kier molecular flexibility index (Phi) is 5.13. The number of nitrogens with zero attached hydrogens (tertiary/aromatic N) is 3. The van der Waals surface area contributed by atoms with Crippen molar-refractivity contribution in [2.24, 2.45) is 5.10 Å². The normalized spacial score (nSPS) is 12.0. The highest BCUT2D eigenvalue weighted by atomic mass is 32.1. The van der Waals surface area contributed by atoms with E-state index in [1.807, 2.05) is 37.3 Å². The van der Waals surface area contributed by atoms with Crippen LogP contribution in [-0.4, -0.2) is 21.9 Å². The van der Waals surface area contributed by atoms with Crippen molar-refractivity contribution in [3.8, 4) is 5.69 Å². The lowest BCUT2D eigenvalue weighted by Gasteiger charge is -2.05. The van der Waals surface area contributed by atoms with Crippen LogP contribution in [0.1, 0.15) is 26.5 Å². The van der Waals surface area contributed by atoms with Crippen LogP contribution in [0.4, 0.5) is 13.2 Å². The lowest BCUT2D eigenvalue weighted by Crippen LogP contribution is -2.16. The van der Waals surface area contributed by atoms with Gasteiger partial charge in [-0.15, -0.1) is 11.3 Å². The van der Waals surface area contributed by atoms with Crippen molar-refractivity contribution in [1.82, 2.24) is 15.2 Å². The summed E-state index contributed by atoms with van der Waals surface area (Å²) in [6.45, 7) is 1.87. The van der Waals surface area contributed by atoms with E-state index in [1.54, 1.807) is 10.7 Å². The summed E-state index contributed by atoms with van der Waals surface area (Å²) >= 11 is 1.29. The number of carbonyl (C=O) groups excluding carboxylic acids is 1. The van der Waals surface area contributed by atoms with Crippen molar-refractivity contribution in [1.29, 1.82) is 0 Å². The molecular weight excluding hydrogens is 413 g/mol. The molecule has 0 atom stereocenters. The average molecular weight is 428 g/mol. The van der Waals surface area contributed by atoms with E-state index in [9.17, 15) is 18.0 Å². The second-order valence-corrected chi connectivity index (χ2v) is 7.51. The van der Waals surface area contributed by atoms with E-state index in [4.69, 9.17) is 0 Å². The number of aromatic nitrogens is 2. The summed E-state index contributed by atoms with van der Waals surface area (Å²) in [5.74, 6) is -0.404. The van der Waals surface area contributed by atoms with E-state index < -0.39 is 17.6 Å². The van der Waals surface area contributed by atoms with Crippen LogP contribution in [0, 0.1) is 6.92 Å². The number of aryl methyl sites for hydroxylation is 1. The molecule has 9 heteroatoms. The summed E-state index contributed by atoms with van der Waals surface area (Å²) in [5.41, 5.74) is 3.81. The zero-order valence-electron chi connectivity index (χ0n) is 15.6. The first kappa shape index (κ1) is 19.8. The largest absolute Gasteiger partial charge is 0.416 e. The molecule has 0 radical (unpaired) electrons. The van der Waals surface area contributed by atoms with Gasteiger partial charge < -0.3 is 0 Å². The molecule has 30 heavy (non-hydrogen) atoms. The SMILES string of the molecule is Cc1nn(-c2ccccc2)c2sc(C(=O)N/N=C\c3ccc(C(F)(F)F)cc3)cc12. The third kappa shape index (κ3) is 3.97. The quantitative estimate of drug-likeness (QED) is 0.360. The minimum atomic E-state index is -4.39. The number of halogens is 3. The van der Waals surface area contributed by atoms with E-state index in [0.29, 0.717) is 10.4 Å². The molecule has 0 fully saturated rings. The van der Waals surface area contributed by atoms with E-state index >= 15 is 0 Å². The Morgan fingerprint density at radius 3 is 2.50 bits per heavy atom. The molecule has 2 aromatic carbocycles. The van der Waals surface area contributed by atoms with Gasteiger partial charge in [0.1, 0.15) is 4.83 Å². The number of amides is 1. The molecule has 4 rings (SSSR count). The summed E-state index contributed by atoms with van der Waals surface area (Å²) in [5, 5.41) is 9.25. The molecule has 0 aliphatic heterocycles. The maximum absolute atomic E-state index is 12.6. The Balaban J connectivity index is 1.51. The third-order valence-electron chi connectivity index (χ3n) is 4.39. The van der Waals surface area contributed by atoms with Crippen molar-refractivity contribution in [3.63, 3.8) is 0 Å². The van der Waals surface area contributed by atoms with E-state index in [-0.39, 0.29) is 0 Å². The minimum absolute atomic E-state index is 0.404. The standard InChI is InChI=1S/C21H15F3N4OS/c1-13-17-11-18(30-20(17)28(27-13)16-5-3-2-4-6-16)19(29)26-25-12-14-7-9-15(10-8-14)21(22,23)24/h2-12H,1H3,(H,26,29)/b25-12-. The molecule has 2 aromatic heterocycles. The Morgan fingerprint density at radius 1 is 1.13 bits per heavy atom. The smallest absolute Gasteiger partial charge is 0.266 e. The fraction of sp³-hybridized carbons (Fsp3) is 0.0952. The number of rotatable bonds is 4. The lowest BCUT2D eigenvalue weighted by molar-refractivity contribution is -0.137. The zero-order valence-corrected chi connectivity index (χ0v) is 16.5. The molecule has 0 unspecified atom stereocenters. The summed E-state index contributed by atoms with van der Waals surface area (Å²) < 4.78 is 39.6. The highest BCUT2D eigenvalue weighted by molar-refractivity contribution is 7.20. The molecule has 0 saturated heterocycles. The van der Waals surface area contributed by atoms with Crippen LogP contribution in [0.2, 0.25) is 0 Å². The first-order valence-electron chi connectivity index (χ1n) is 8.88. The predicted molar refractivity (Wildman–Crippen MR) is 110 cm³/mol. The molecule has 0 bridgehead atoms. The highest BCUT2D eigenvalue weighted by Crippen LogP contribution is 2.30. The van der Waals surface area contributed by atoms with Gasteiger partial charge in [0, 0.05) is 5.39 Å². The lowest BCUT2D eigenvalue weighted by atomic mass is 10.1. The van der Waals surface area contributed by atoms with Gasteiger partial charge in [0.25, 0.3) is 5.91 Å². The number of benzene rings is 2. The monoisotopic (exact) mass is 428 g/mol. The van der Waals surface area contributed by atoms with Crippen molar-refractivity contribution in [2.45, 2.75) is 13.1 Å². The summed E-state index contributed by atoms with van der Waals surface area (Å²) in [6, 6.07) is 15.9. The van der Waals surface area contributed by atoms with Crippen LogP contribution >= 0.6 is 11.3 Å². The van der Waals surface area contributed by atoms with Gasteiger partial charge in [-0.25, -0.2) is 10.1 Å². The number of hydrogen-bond acceptors (Lipinski definition) is 4. The summed E-state index contributed by atoms with van der Waals surface area (Å²) in [6.07, 6.45) is -3.10. The van der Waals surface area contributed by atoms with Gasteiger partial charge in [0.15, 0.2) is 0 Å². The van der Waals surface area contributed by atoms with Gasteiger partial charge in [0.05, 0.1) is 28.0 Å².